The first-order valence-corrected chi connectivity index (χ1v) is 9.19. The standard InChI is InChI=1S/C20H27N3O2/c1-3-7-18-17(12-21-22-18)20(24)23-11-6-9-16(13-23)14-25-19-10-5-4-8-15(19)2/h4-5,8,10,12,16H,3,6-7,9,11,13-14H2,1-2H3,(H,21,22)/t16-/m1/s1. The lowest BCUT2D eigenvalue weighted by atomic mass is 9.98. The molecule has 0 saturated carbocycles. The van der Waals surface area contributed by atoms with Crippen LogP contribution in [0.3, 0.4) is 0 Å². The van der Waals surface area contributed by atoms with Crippen LogP contribution in [0.25, 0.3) is 0 Å². The van der Waals surface area contributed by atoms with Gasteiger partial charge in [-0.3, -0.25) is 9.89 Å². The molecule has 0 spiro atoms. The molecule has 0 radical (unpaired) electrons. The number of rotatable bonds is 6. The number of carbonyl (C=O) groups excluding carboxylic acids is 1. The van der Waals surface area contributed by atoms with Crippen molar-refractivity contribution in [1.29, 1.82) is 0 Å². The van der Waals surface area contributed by atoms with Crippen LogP contribution in [-0.4, -0.2) is 40.7 Å². The van der Waals surface area contributed by atoms with Crippen molar-refractivity contribution in [2.24, 2.45) is 5.92 Å². The third-order valence-electron chi connectivity index (χ3n) is 4.82. The number of aryl methyl sites for hydroxylation is 2. The molecule has 1 saturated heterocycles. The Hall–Kier alpha value is -2.30. The summed E-state index contributed by atoms with van der Waals surface area (Å²) in [6.07, 6.45) is 5.64. The van der Waals surface area contributed by atoms with Crippen molar-refractivity contribution < 1.29 is 9.53 Å². The molecule has 1 N–H and O–H groups in total. The second kappa shape index (κ2) is 8.19. The molecule has 2 aromatic rings. The molecule has 1 aromatic carbocycles. The third kappa shape index (κ3) is 4.21. The molecule has 134 valence electrons. The van der Waals surface area contributed by atoms with Crippen LogP contribution in [-0.2, 0) is 6.42 Å². The Morgan fingerprint density at radius 1 is 1.40 bits per heavy atom. The molecule has 5 heteroatoms. The van der Waals surface area contributed by atoms with Crippen molar-refractivity contribution in [2.45, 2.75) is 39.5 Å². The van der Waals surface area contributed by atoms with Crippen LogP contribution in [0.1, 0.15) is 47.8 Å². The summed E-state index contributed by atoms with van der Waals surface area (Å²) in [5.41, 5.74) is 2.82. The summed E-state index contributed by atoms with van der Waals surface area (Å²) in [6.45, 7) is 6.38. The summed E-state index contributed by atoms with van der Waals surface area (Å²) in [6, 6.07) is 8.07. The number of aromatic nitrogens is 2. The Morgan fingerprint density at radius 3 is 3.04 bits per heavy atom. The predicted molar refractivity (Wildman–Crippen MR) is 97.9 cm³/mol. The van der Waals surface area contributed by atoms with Crippen LogP contribution in [0.2, 0.25) is 0 Å². The van der Waals surface area contributed by atoms with E-state index in [2.05, 4.69) is 30.1 Å². The molecule has 25 heavy (non-hydrogen) atoms. The number of amides is 1. The lowest BCUT2D eigenvalue weighted by molar-refractivity contribution is 0.0632. The summed E-state index contributed by atoms with van der Waals surface area (Å²) in [7, 11) is 0. The maximum Gasteiger partial charge on any atom is 0.257 e. The summed E-state index contributed by atoms with van der Waals surface area (Å²) in [5.74, 6) is 1.41. The van der Waals surface area contributed by atoms with Gasteiger partial charge in [-0.25, -0.2) is 0 Å². The minimum atomic E-state index is 0.0952. The Labute approximate surface area is 149 Å². The summed E-state index contributed by atoms with van der Waals surface area (Å²) >= 11 is 0. The lowest BCUT2D eigenvalue weighted by Gasteiger charge is -2.32. The first kappa shape index (κ1) is 17.5. The zero-order valence-electron chi connectivity index (χ0n) is 15.1. The highest BCUT2D eigenvalue weighted by atomic mass is 16.5. The van der Waals surface area contributed by atoms with E-state index in [1.165, 1.54) is 0 Å². The Morgan fingerprint density at radius 2 is 2.24 bits per heavy atom. The minimum Gasteiger partial charge on any atom is -0.493 e. The highest BCUT2D eigenvalue weighted by Crippen LogP contribution is 2.22. The maximum absolute atomic E-state index is 12.9. The molecule has 5 nitrogen and oxygen atoms in total. The van der Waals surface area contributed by atoms with Gasteiger partial charge in [0.2, 0.25) is 0 Å². The molecule has 1 amide bonds. The van der Waals surface area contributed by atoms with Gasteiger partial charge in [-0.2, -0.15) is 5.10 Å². The molecule has 1 aliphatic heterocycles. The van der Waals surface area contributed by atoms with Gasteiger partial charge >= 0.3 is 0 Å². The van der Waals surface area contributed by atoms with Crippen LogP contribution in [0.15, 0.2) is 30.5 Å². The van der Waals surface area contributed by atoms with Crippen LogP contribution >= 0.6 is 0 Å². The van der Waals surface area contributed by atoms with Gasteiger partial charge in [-0.15, -0.1) is 0 Å². The van der Waals surface area contributed by atoms with E-state index in [-0.39, 0.29) is 5.91 Å². The first-order valence-electron chi connectivity index (χ1n) is 9.19. The number of hydrogen-bond donors (Lipinski definition) is 1. The number of benzene rings is 1. The zero-order chi connectivity index (χ0) is 17.6. The van der Waals surface area contributed by atoms with Gasteiger partial charge in [0, 0.05) is 24.7 Å². The van der Waals surface area contributed by atoms with E-state index < -0.39 is 0 Å². The van der Waals surface area contributed by atoms with Crippen LogP contribution < -0.4 is 4.74 Å². The second-order valence-electron chi connectivity index (χ2n) is 6.85. The Bertz CT molecular complexity index is 710. The van der Waals surface area contributed by atoms with Crippen molar-refractivity contribution in [1.82, 2.24) is 15.1 Å². The Balaban J connectivity index is 1.60. The molecular weight excluding hydrogens is 314 g/mol. The number of nitrogens with zero attached hydrogens (tertiary/aromatic N) is 2. The molecule has 1 atom stereocenters. The number of ether oxygens (including phenoxy) is 1. The molecule has 0 aliphatic carbocycles. The number of carbonyl (C=O) groups is 1. The predicted octanol–water partition coefficient (Wildman–Crippen LogP) is 3.60. The summed E-state index contributed by atoms with van der Waals surface area (Å²) in [4.78, 5) is 14.8. The number of nitrogens with one attached hydrogen (secondary N) is 1. The fraction of sp³-hybridized carbons (Fsp3) is 0.500. The highest BCUT2D eigenvalue weighted by Gasteiger charge is 2.27. The molecule has 1 fully saturated rings. The van der Waals surface area contributed by atoms with Crippen molar-refractivity contribution in [2.75, 3.05) is 19.7 Å². The van der Waals surface area contributed by atoms with Crippen molar-refractivity contribution in [3.05, 3.63) is 47.3 Å². The normalized spacial score (nSPS) is 17.5. The SMILES string of the molecule is CCCc1[nH]ncc1C(=O)N1CCC[C@@H](COc2ccccc2C)C1. The van der Waals surface area contributed by atoms with Crippen LogP contribution in [0.4, 0.5) is 0 Å². The minimum absolute atomic E-state index is 0.0952. The number of likely N-dealkylation sites (tertiary alicyclic amines) is 1. The molecule has 2 heterocycles. The number of aromatic amines is 1. The van der Waals surface area contributed by atoms with Gasteiger partial charge in [0.05, 0.1) is 18.4 Å². The van der Waals surface area contributed by atoms with Gasteiger partial charge in [0.25, 0.3) is 5.91 Å². The smallest absolute Gasteiger partial charge is 0.257 e. The van der Waals surface area contributed by atoms with E-state index >= 15 is 0 Å². The molecule has 0 bridgehead atoms. The summed E-state index contributed by atoms with van der Waals surface area (Å²) < 4.78 is 6.00. The average Bonchev–Trinajstić information content (AvgIpc) is 3.09. The number of para-hydroxylation sites is 1. The van der Waals surface area contributed by atoms with E-state index in [0.717, 1.165) is 61.3 Å². The topological polar surface area (TPSA) is 58.2 Å². The fourth-order valence-electron chi connectivity index (χ4n) is 3.42. The van der Waals surface area contributed by atoms with E-state index in [0.29, 0.717) is 12.5 Å². The van der Waals surface area contributed by atoms with E-state index in [1.807, 2.05) is 23.1 Å². The van der Waals surface area contributed by atoms with E-state index in [1.54, 1.807) is 6.20 Å². The van der Waals surface area contributed by atoms with Crippen LogP contribution in [0, 0.1) is 12.8 Å². The van der Waals surface area contributed by atoms with Gasteiger partial charge in [-0.1, -0.05) is 31.5 Å². The van der Waals surface area contributed by atoms with Gasteiger partial charge in [-0.05, 0) is 37.8 Å². The molecule has 1 aromatic heterocycles. The lowest BCUT2D eigenvalue weighted by Crippen LogP contribution is -2.41. The molecule has 1 aliphatic rings. The highest BCUT2D eigenvalue weighted by molar-refractivity contribution is 5.95. The summed E-state index contributed by atoms with van der Waals surface area (Å²) in [5, 5.41) is 7.03. The third-order valence-corrected chi connectivity index (χ3v) is 4.82. The maximum atomic E-state index is 12.9. The number of H-pyrrole nitrogens is 1. The van der Waals surface area contributed by atoms with Crippen molar-refractivity contribution >= 4 is 5.91 Å². The van der Waals surface area contributed by atoms with E-state index in [9.17, 15) is 4.79 Å². The quantitative estimate of drug-likeness (QED) is 0.873. The van der Waals surface area contributed by atoms with Crippen molar-refractivity contribution in [3.63, 3.8) is 0 Å². The van der Waals surface area contributed by atoms with E-state index in [4.69, 9.17) is 4.74 Å². The largest absolute Gasteiger partial charge is 0.493 e. The molecule has 0 unspecified atom stereocenters. The van der Waals surface area contributed by atoms with Gasteiger partial charge < -0.3 is 9.64 Å². The Kier molecular flexibility index (Phi) is 5.74. The first-order chi connectivity index (χ1) is 12.2. The van der Waals surface area contributed by atoms with Gasteiger partial charge in [0.15, 0.2) is 0 Å². The number of piperidine rings is 1. The average molecular weight is 341 g/mol. The van der Waals surface area contributed by atoms with Crippen LogP contribution in [0.5, 0.6) is 5.75 Å². The molecule has 3 rings (SSSR count). The monoisotopic (exact) mass is 341 g/mol. The second-order valence-corrected chi connectivity index (χ2v) is 6.85. The van der Waals surface area contributed by atoms with Gasteiger partial charge in [0.1, 0.15) is 5.75 Å². The molecular formula is C20H27N3O2. The number of hydrogen-bond acceptors (Lipinski definition) is 3. The zero-order valence-corrected chi connectivity index (χ0v) is 15.1. The van der Waals surface area contributed by atoms with Crippen molar-refractivity contribution in [3.8, 4) is 5.75 Å². The fourth-order valence-corrected chi connectivity index (χ4v) is 3.42.